The number of para-hydroxylation sites is 1. The molecule has 0 unspecified atom stereocenters. The molecule has 17 heavy (non-hydrogen) atoms. The van der Waals surface area contributed by atoms with E-state index in [-0.39, 0.29) is 5.75 Å². The van der Waals surface area contributed by atoms with Crippen molar-refractivity contribution in [1.29, 1.82) is 0 Å². The Hall–Kier alpha value is -1.68. The summed E-state index contributed by atoms with van der Waals surface area (Å²) in [5, 5.41) is 9.16. The van der Waals surface area contributed by atoms with Crippen molar-refractivity contribution in [3.05, 3.63) is 52.5 Å². The fourth-order valence-corrected chi connectivity index (χ4v) is 1.92. The van der Waals surface area contributed by atoms with Crippen molar-refractivity contribution in [3.8, 4) is 11.5 Å². The van der Waals surface area contributed by atoms with Gasteiger partial charge in [-0.15, -0.1) is 0 Å². The number of halogens is 1. The van der Waals surface area contributed by atoms with Crippen molar-refractivity contribution in [2.45, 2.75) is 6.61 Å². The number of rotatable bonds is 3. The maximum absolute atomic E-state index is 9.16. The molecule has 0 amide bonds. The van der Waals surface area contributed by atoms with Crippen LogP contribution in [0, 0.1) is 0 Å². The highest BCUT2D eigenvalue weighted by molar-refractivity contribution is 9.10. The van der Waals surface area contributed by atoms with Crippen LogP contribution in [0.2, 0.25) is 0 Å². The zero-order valence-corrected chi connectivity index (χ0v) is 10.6. The van der Waals surface area contributed by atoms with E-state index in [0.717, 1.165) is 10.0 Å². The fraction of sp³-hybridized carbons (Fsp3) is 0.0769. The molecule has 2 aromatic carbocycles. The summed E-state index contributed by atoms with van der Waals surface area (Å²) in [6.07, 6.45) is 0. The normalized spacial score (nSPS) is 10.2. The van der Waals surface area contributed by atoms with Gasteiger partial charge in [-0.2, -0.15) is 0 Å². The SMILES string of the molecule is Nc1cccc(Br)c1OCc1ccc(O)cc1. The molecule has 4 heteroatoms. The van der Waals surface area contributed by atoms with Gasteiger partial charge in [-0.1, -0.05) is 18.2 Å². The molecule has 0 heterocycles. The maximum atomic E-state index is 9.16. The van der Waals surface area contributed by atoms with Gasteiger partial charge in [-0.25, -0.2) is 0 Å². The molecule has 0 saturated carbocycles. The van der Waals surface area contributed by atoms with E-state index in [4.69, 9.17) is 15.6 Å². The minimum absolute atomic E-state index is 0.245. The van der Waals surface area contributed by atoms with Crippen LogP contribution < -0.4 is 10.5 Å². The van der Waals surface area contributed by atoms with Gasteiger partial charge in [-0.05, 0) is 45.8 Å². The highest BCUT2D eigenvalue weighted by Crippen LogP contribution is 2.31. The second-order valence-electron chi connectivity index (χ2n) is 3.61. The molecule has 0 radical (unpaired) electrons. The molecular weight excluding hydrogens is 282 g/mol. The third-order valence-electron chi connectivity index (χ3n) is 2.32. The molecule has 0 saturated heterocycles. The van der Waals surface area contributed by atoms with Gasteiger partial charge < -0.3 is 15.6 Å². The largest absolute Gasteiger partial charge is 0.508 e. The maximum Gasteiger partial charge on any atom is 0.156 e. The van der Waals surface area contributed by atoms with Gasteiger partial charge in [0.25, 0.3) is 0 Å². The minimum atomic E-state index is 0.245. The van der Waals surface area contributed by atoms with Gasteiger partial charge in [0.05, 0.1) is 10.2 Å². The Balaban J connectivity index is 2.10. The summed E-state index contributed by atoms with van der Waals surface area (Å²) in [4.78, 5) is 0. The van der Waals surface area contributed by atoms with Crippen molar-refractivity contribution < 1.29 is 9.84 Å². The predicted octanol–water partition coefficient (Wildman–Crippen LogP) is 3.32. The molecule has 0 aromatic heterocycles. The molecule has 2 rings (SSSR count). The number of benzene rings is 2. The zero-order chi connectivity index (χ0) is 12.3. The average Bonchev–Trinajstić information content (AvgIpc) is 2.31. The zero-order valence-electron chi connectivity index (χ0n) is 9.06. The monoisotopic (exact) mass is 293 g/mol. The van der Waals surface area contributed by atoms with Crippen LogP contribution in [-0.4, -0.2) is 5.11 Å². The molecule has 0 aliphatic rings. The van der Waals surface area contributed by atoms with Crippen molar-refractivity contribution in [2.24, 2.45) is 0 Å². The summed E-state index contributed by atoms with van der Waals surface area (Å²) in [6.45, 7) is 0.410. The molecule has 0 spiro atoms. The van der Waals surface area contributed by atoms with Gasteiger partial charge >= 0.3 is 0 Å². The van der Waals surface area contributed by atoms with E-state index in [9.17, 15) is 0 Å². The Morgan fingerprint density at radius 3 is 2.47 bits per heavy atom. The first-order chi connectivity index (χ1) is 8.16. The first-order valence-corrected chi connectivity index (χ1v) is 5.91. The summed E-state index contributed by atoms with van der Waals surface area (Å²) in [7, 11) is 0. The average molecular weight is 294 g/mol. The predicted molar refractivity (Wildman–Crippen MR) is 71.0 cm³/mol. The molecule has 3 N–H and O–H groups in total. The molecule has 0 bridgehead atoms. The molecule has 88 valence electrons. The molecule has 2 aromatic rings. The summed E-state index contributed by atoms with van der Waals surface area (Å²) in [6, 6.07) is 12.4. The topological polar surface area (TPSA) is 55.5 Å². The summed E-state index contributed by atoms with van der Waals surface area (Å²) >= 11 is 3.39. The molecule has 0 atom stereocenters. The third kappa shape index (κ3) is 2.91. The molecular formula is C13H12BrNO2. The van der Waals surface area contributed by atoms with Crippen LogP contribution in [0.5, 0.6) is 11.5 Å². The lowest BCUT2D eigenvalue weighted by Crippen LogP contribution is -1.99. The van der Waals surface area contributed by atoms with Gasteiger partial charge in [0, 0.05) is 0 Å². The smallest absolute Gasteiger partial charge is 0.156 e. The van der Waals surface area contributed by atoms with E-state index in [1.807, 2.05) is 24.3 Å². The number of hydrogen-bond acceptors (Lipinski definition) is 3. The second kappa shape index (κ2) is 5.10. The van der Waals surface area contributed by atoms with Gasteiger partial charge in [0.15, 0.2) is 5.75 Å². The number of phenols is 1. The highest BCUT2D eigenvalue weighted by atomic mass is 79.9. The highest BCUT2D eigenvalue weighted by Gasteiger charge is 2.05. The Bertz CT molecular complexity index is 491. The van der Waals surface area contributed by atoms with E-state index >= 15 is 0 Å². The Labute approximate surface area is 108 Å². The van der Waals surface area contributed by atoms with Gasteiger partial charge in [0.1, 0.15) is 12.4 Å². The van der Waals surface area contributed by atoms with E-state index in [1.165, 1.54) is 0 Å². The first kappa shape index (κ1) is 11.8. The van der Waals surface area contributed by atoms with Crippen molar-refractivity contribution in [3.63, 3.8) is 0 Å². The summed E-state index contributed by atoms with van der Waals surface area (Å²) in [5.41, 5.74) is 7.38. The molecule has 0 aliphatic heterocycles. The van der Waals surface area contributed by atoms with Crippen LogP contribution in [0.3, 0.4) is 0 Å². The Morgan fingerprint density at radius 1 is 1.12 bits per heavy atom. The first-order valence-electron chi connectivity index (χ1n) is 5.11. The van der Waals surface area contributed by atoms with Crippen molar-refractivity contribution >= 4 is 21.6 Å². The van der Waals surface area contributed by atoms with E-state index in [2.05, 4.69) is 15.9 Å². The Kier molecular flexibility index (Phi) is 3.54. The number of aromatic hydroxyl groups is 1. The summed E-state index contributed by atoms with van der Waals surface area (Å²) < 4.78 is 6.47. The lowest BCUT2D eigenvalue weighted by molar-refractivity contribution is 0.306. The van der Waals surface area contributed by atoms with Crippen molar-refractivity contribution in [1.82, 2.24) is 0 Å². The Morgan fingerprint density at radius 2 is 1.82 bits per heavy atom. The van der Waals surface area contributed by atoms with E-state index in [0.29, 0.717) is 18.0 Å². The van der Waals surface area contributed by atoms with Crippen molar-refractivity contribution in [2.75, 3.05) is 5.73 Å². The van der Waals surface area contributed by atoms with Crippen LogP contribution in [0.1, 0.15) is 5.56 Å². The molecule has 0 aliphatic carbocycles. The number of ether oxygens (including phenoxy) is 1. The summed E-state index contributed by atoms with van der Waals surface area (Å²) in [5.74, 6) is 0.884. The van der Waals surface area contributed by atoms with Crippen LogP contribution in [0.4, 0.5) is 5.69 Å². The van der Waals surface area contributed by atoms with Gasteiger partial charge in [0.2, 0.25) is 0 Å². The molecule has 0 fully saturated rings. The number of nitrogens with two attached hydrogens (primary N) is 1. The van der Waals surface area contributed by atoms with E-state index < -0.39 is 0 Å². The number of nitrogen functional groups attached to an aromatic ring is 1. The van der Waals surface area contributed by atoms with Crippen LogP contribution >= 0.6 is 15.9 Å². The lowest BCUT2D eigenvalue weighted by atomic mass is 10.2. The standard InChI is InChI=1S/C13H12BrNO2/c14-11-2-1-3-12(15)13(11)17-8-9-4-6-10(16)7-5-9/h1-7,16H,8,15H2. The number of hydrogen-bond donors (Lipinski definition) is 2. The number of phenolic OH excluding ortho intramolecular Hbond substituents is 1. The van der Waals surface area contributed by atoms with Gasteiger partial charge in [-0.3, -0.25) is 0 Å². The second-order valence-corrected chi connectivity index (χ2v) is 4.47. The van der Waals surface area contributed by atoms with Crippen LogP contribution in [-0.2, 0) is 6.61 Å². The fourth-order valence-electron chi connectivity index (χ4n) is 1.43. The minimum Gasteiger partial charge on any atom is -0.508 e. The van der Waals surface area contributed by atoms with E-state index in [1.54, 1.807) is 18.2 Å². The van der Waals surface area contributed by atoms with Crippen LogP contribution in [0.25, 0.3) is 0 Å². The quantitative estimate of drug-likeness (QED) is 0.854. The number of anilines is 1. The van der Waals surface area contributed by atoms with Crippen LogP contribution in [0.15, 0.2) is 46.9 Å². The third-order valence-corrected chi connectivity index (χ3v) is 2.94. The lowest BCUT2D eigenvalue weighted by Gasteiger charge is -2.10. The molecule has 3 nitrogen and oxygen atoms in total.